The van der Waals surface area contributed by atoms with Crippen molar-refractivity contribution in [3.63, 3.8) is 0 Å². The minimum absolute atomic E-state index is 0.0474. The molecule has 0 radical (unpaired) electrons. The lowest BCUT2D eigenvalue weighted by molar-refractivity contribution is 0.0992. The van der Waals surface area contributed by atoms with Crippen molar-refractivity contribution in [2.45, 2.75) is 19.8 Å². The summed E-state index contributed by atoms with van der Waals surface area (Å²) < 4.78 is 10.5. The predicted octanol–water partition coefficient (Wildman–Crippen LogP) is 5.28. The fourth-order valence-electron chi connectivity index (χ4n) is 3.50. The first-order valence-electron chi connectivity index (χ1n) is 9.91. The van der Waals surface area contributed by atoms with Crippen LogP contribution in [0.2, 0.25) is 5.02 Å². The normalized spacial score (nSPS) is 11.0. The molecule has 1 N–H and O–H groups in total. The minimum Gasteiger partial charge on any atom is -0.497 e. The van der Waals surface area contributed by atoms with Crippen LogP contribution < -0.4 is 9.47 Å². The van der Waals surface area contributed by atoms with Crippen LogP contribution in [0.4, 0.5) is 0 Å². The van der Waals surface area contributed by atoms with E-state index in [0.29, 0.717) is 33.4 Å². The number of fused-ring (bicyclic) bond motifs is 1. The largest absolute Gasteiger partial charge is 0.497 e. The molecule has 0 spiro atoms. The molecular weight excluding hydrogens is 414 g/mol. The van der Waals surface area contributed by atoms with Gasteiger partial charge in [-0.1, -0.05) is 24.6 Å². The zero-order valence-electron chi connectivity index (χ0n) is 17.5. The highest BCUT2D eigenvalue weighted by molar-refractivity contribution is 6.33. The molecule has 4 rings (SSSR count). The smallest absolute Gasteiger partial charge is 0.181 e. The van der Waals surface area contributed by atoms with E-state index in [-0.39, 0.29) is 12.2 Å². The number of methoxy groups -OCH3 is 2. The molecule has 4 aromatic rings. The second-order valence-electron chi connectivity index (χ2n) is 7.14. The van der Waals surface area contributed by atoms with Crippen molar-refractivity contribution < 1.29 is 14.3 Å². The van der Waals surface area contributed by atoms with E-state index in [1.165, 1.54) is 0 Å². The highest BCUT2D eigenvalue weighted by Crippen LogP contribution is 2.30. The molecule has 7 heteroatoms. The Bertz CT molecular complexity index is 1240. The van der Waals surface area contributed by atoms with Crippen molar-refractivity contribution in [2.75, 3.05) is 14.2 Å². The van der Waals surface area contributed by atoms with Gasteiger partial charge in [0.25, 0.3) is 0 Å². The van der Waals surface area contributed by atoms with Crippen LogP contribution in [0.5, 0.6) is 11.5 Å². The summed E-state index contributed by atoms with van der Waals surface area (Å²) in [6.07, 6.45) is 1.07. The van der Waals surface area contributed by atoms with Gasteiger partial charge in [0.1, 0.15) is 11.5 Å². The number of nitrogens with zero attached hydrogens (tertiary/aromatic N) is 2. The van der Waals surface area contributed by atoms with Gasteiger partial charge in [-0.25, -0.2) is 4.98 Å². The average Bonchev–Trinajstić information content (AvgIpc) is 3.22. The van der Waals surface area contributed by atoms with Crippen LogP contribution in [-0.4, -0.2) is 35.2 Å². The number of Topliss-reactive ketones (excluding diaryl/α,β-unsaturated/α-hetero) is 1. The Morgan fingerprint density at radius 1 is 1.03 bits per heavy atom. The number of aromatic nitrogens is 3. The van der Waals surface area contributed by atoms with Gasteiger partial charge in [-0.2, -0.15) is 5.10 Å². The fourth-order valence-corrected chi connectivity index (χ4v) is 3.72. The molecule has 0 saturated carbocycles. The Labute approximate surface area is 185 Å². The molecule has 0 aliphatic heterocycles. The Morgan fingerprint density at radius 2 is 1.77 bits per heavy atom. The molecule has 6 nitrogen and oxygen atoms in total. The van der Waals surface area contributed by atoms with E-state index in [2.05, 4.69) is 22.1 Å². The number of hydrogen-bond donors (Lipinski definition) is 1. The van der Waals surface area contributed by atoms with Crippen molar-refractivity contribution in [2.24, 2.45) is 0 Å². The lowest BCUT2D eigenvalue weighted by Crippen LogP contribution is -2.05. The maximum atomic E-state index is 12.9. The van der Waals surface area contributed by atoms with Crippen LogP contribution in [0, 0.1) is 0 Å². The maximum Gasteiger partial charge on any atom is 0.181 e. The van der Waals surface area contributed by atoms with Crippen LogP contribution in [0.1, 0.15) is 28.5 Å². The summed E-state index contributed by atoms with van der Waals surface area (Å²) in [4.78, 5) is 17.6. The molecule has 0 saturated heterocycles. The molecule has 0 unspecified atom stereocenters. The first-order valence-corrected chi connectivity index (χ1v) is 10.3. The van der Waals surface area contributed by atoms with Gasteiger partial charge >= 0.3 is 0 Å². The predicted molar refractivity (Wildman–Crippen MR) is 121 cm³/mol. The van der Waals surface area contributed by atoms with E-state index in [1.807, 2.05) is 24.3 Å². The van der Waals surface area contributed by atoms with Gasteiger partial charge in [0.2, 0.25) is 0 Å². The number of benzene rings is 2. The van der Waals surface area contributed by atoms with Crippen molar-refractivity contribution in [1.29, 1.82) is 0 Å². The molecule has 0 amide bonds. The Morgan fingerprint density at radius 3 is 2.45 bits per heavy atom. The summed E-state index contributed by atoms with van der Waals surface area (Å²) >= 11 is 6.46. The summed E-state index contributed by atoms with van der Waals surface area (Å²) in [6.45, 7) is 2.07. The Kier molecular flexibility index (Phi) is 5.91. The Balaban J connectivity index is 1.65. The van der Waals surface area contributed by atoms with Gasteiger partial charge in [-0.15, -0.1) is 0 Å². The second-order valence-corrected chi connectivity index (χ2v) is 7.55. The summed E-state index contributed by atoms with van der Waals surface area (Å²) in [5.74, 6) is 1.10. The van der Waals surface area contributed by atoms with E-state index < -0.39 is 0 Å². The van der Waals surface area contributed by atoms with Crippen LogP contribution in [0.25, 0.3) is 22.3 Å². The lowest BCUT2D eigenvalue weighted by Gasteiger charge is -2.10. The zero-order valence-corrected chi connectivity index (χ0v) is 18.3. The second kappa shape index (κ2) is 8.78. The van der Waals surface area contributed by atoms with Crippen molar-refractivity contribution in [1.82, 2.24) is 15.2 Å². The summed E-state index contributed by atoms with van der Waals surface area (Å²) in [5.41, 5.74) is 4.53. The summed E-state index contributed by atoms with van der Waals surface area (Å²) in [7, 11) is 3.11. The maximum absolute atomic E-state index is 12.9. The third kappa shape index (κ3) is 4.25. The number of pyridine rings is 1. The number of ketones is 1. The molecule has 0 bridgehead atoms. The van der Waals surface area contributed by atoms with Crippen molar-refractivity contribution in [3.05, 3.63) is 70.4 Å². The summed E-state index contributed by atoms with van der Waals surface area (Å²) in [5, 5.41) is 8.88. The molecule has 0 atom stereocenters. The molecule has 158 valence electrons. The first-order chi connectivity index (χ1) is 15.0. The number of H-pyrrole nitrogens is 1. The van der Waals surface area contributed by atoms with Gasteiger partial charge in [-0.05, 0) is 48.4 Å². The van der Waals surface area contributed by atoms with Gasteiger partial charge in [-0.3, -0.25) is 9.89 Å². The molecule has 2 heterocycles. The third-order valence-electron chi connectivity index (χ3n) is 5.20. The Hall–Kier alpha value is -3.38. The number of halogens is 1. The van der Waals surface area contributed by atoms with E-state index >= 15 is 0 Å². The number of ether oxygens (including phenoxy) is 2. The highest BCUT2D eigenvalue weighted by atomic mass is 35.5. The number of hydrogen-bond acceptors (Lipinski definition) is 5. The van der Waals surface area contributed by atoms with Crippen LogP contribution in [0.3, 0.4) is 0 Å². The number of carbonyl (C=O) groups excluding carboxylic acids is 1. The minimum atomic E-state index is -0.0474. The molecular formula is C24H22ClN3O3. The number of aromatic amines is 1. The number of aryl methyl sites for hydroxylation is 1. The van der Waals surface area contributed by atoms with E-state index in [1.54, 1.807) is 38.5 Å². The van der Waals surface area contributed by atoms with Gasteiger partial charge in [0, 0.05) is 39.7 Å². The molecule has 31 heavy (non-hydrogen) atoms. The molecule has 0 aliphatic rings. The monoisotopic (exact) mass is 435 g/mol. The quantitative estimate of drug-likeness (QED) is 0.399. The fraction of sp³-hybridized carbons (Fsp3) is 0.208. The molecule has 2 aromatic carbocycles. The number of rotatable bonds is 7. The number of nitrogens with one attached hydrogen (secondary N) is 1. The topological polar surface area (TPSA) is 77.1 Å². The standard InChI is InChI=1S/C24H22ClN3O3/c1-4-21-18-6-8-22(26-24(18)28-27-21)19-9-14(5-7-20(19)25)10-23(29)15-11-16(30-2)13-17(12-15)31-3/h5-9,11-13H,4,10H2,1-3H3,(H,26,27,28). The summed E-state index contributed by atoms with van der Waals surface area (Å²) in [6, 6.07) is 14.6. The molecule has 2 aromatic heterocycles. The molecule has 0 fully saturated rings. The van der Waals surface area contributed by atoms with Gasteiger partial charge < -0.3 is 9.47 Å². The van der Waals surface area contributed by atoms with Crippen LogP contribution in [0.15, 0.2) is 48.5 Å². The van der Waals surface area contributed by atoms with E-state index in [0.717, 1.165) is 28.6 Å². The average molecular weight is 436 g/mol. The van der Waals surface area contributed by atoms with Crippen LogP contribution >= 0.6 is 11.6 Å². The zero-order chi connectivity index (χ0) is 22.0. The highest BCUT2D eigenvalue weighted by Gasteiger charge is 2.14. The lowest BCUT2D eigenvalue weighted by atomic mass is 9.99. The third-order valence-corrected chi connectivity index (χ3v) is 5.52. The van der Waals surface area contributed by atoms with E-state index in [9.17, 15) is 4.79 Å². The van der Waals surface area contributed by atoms with Gasteiger partial charge in [0.15, 0.2) is 11.4 Å². The SMILES string of the molecule is CCc1[nH]nc2nc(-c3cc(CC(=O)c4cc(OC)cc(OC)c4)ccc3Cl)ccc12. The van der Waals surface area contributed by atoms with Gasteiger partial charge in [0.05, 0.1) is 19.9 Å². The molecule has 0 aliphatic carbocycles. The first kappa shape index (κ1) is 20.9. The van der Waals surface area contributed by atoms with Crippen molar-refractivity contribution >= 4 is 28.4 Å². The van der Waals surface area contributed by atoms with Crippen molar-refractivity contribution in [3.8, 4) is 22.8 Å². The van der Waals surface area contributed by atoms with E-state index in [4.69, 9.17) is 21.1 Å². The van der Waals surface area contributed by atoms with Crippen LogP contribution in [-0.2, 0) is 12.8 Å². The number of carbonyl (C=O) groups is 1.